The second-order valence-corrected chi connectivity index (χ2v) is 24.4. The summed E-state index contributed by atoms with van der Waals surface area (Å²) >= 11 is 2.23. The minimum atomic E-state index is -1.28. The fraction of sp³-hybridized carbons (Fsp3) is 0.385. The van der Waals surface area contributed by atoms with E-state index in [4.69, 9.17) is 24.4 Å². The van der Waals surface area contributed by atoms with E-state index in [1.54, 1.807) is 51.4 Å². The number of hydrogen-bond donors (Lipinski definition) is 2. The average Bonchev–Trinajstić information content (AvgIpc) is 3.91. The lowest BCUT2D eigenvalue weighted by Crippen LogP contribution is -2.22. The second-order valence-electron chi connectivity index (χ2n) is 16.6. The van der Waals surface area contributed by atoms with E-state index in [-0.39, 0.29) is 35.3 Å². The van der Waals surface area contributed by atoms with E-state index in [2.05, 4.69) is 29.6 Å². The van der Waals surface area contributed by atoms with Gasteiger partial charge >= 0.3 is 11.9 Å². The molecule has 0 saturated carbocycles. The first-order valence-corrected chi connectivity index (χ1v) is 23.1. The van der Waals surface area contributed by atoms with Crippen LogP contribution in [0.5, 0.6) is 0 Å². The van der Waals surface area contributed by atoms with E-state index in [0.717, 1.165) is 17.4 Å². The van der Waals surface area contributed by atoms with Gasteiger partial charge in [0.05, 0.1) is 50.4 Å². The Morgan fingerprint density at radius 2 is 1.44 bits per heavy atom. The van der Waals surface area contributed by atoms with Crippen molar-refractivity contribution in [1.82, 2.24) is 29.5 Å². The maximum atomic E-state index is 13.8. The van der Waals surface area contributed by atoms with Crippen molar-refractivity contribution in [3.63, 3.8) is 0 Å². The number of rotatable bonds is 13. The lowest BCUT2D eigenvalue weighted by atomic mass is 9.86. The van der Waals surface area contributed by atoms with Gasteiger partial charge in [-0.25, -0.2) is 29.5 Å². The molecule has 13 nitrogen and oxygen atoms in total. The number of aromatic amines is 1. The largest absolute Gasteiger partial charge is 0.477 e. The molecule has 0 radical (unpaired) electrons. The topological polar surface area (TPSA) is 179 Å². The highest BCUT2D eigenvalue weighted by Crippen LogP contribution is 2.34. The maximum Gasteiger partial charge on any atom is 0.348 e. The number of aromatic nitrogens is 6. The molecule has 6 rings (SSSR count). The van der Waals surface area contributed by atoms with Crippen molar-refractivity contribution >= 4 is 76.6 Å². The van der Waals surface area contributed by atoms with Gasteiger partial charge < -0.3 is 24.1 Å². The van der Waals surface area contributed by atoms with Crippen LogP contribution in [-0.4, -0.2) is 72.8 Å². The molecule has 2 N–H and O–H groups in total. The molecular weight excluding hydrogens is 757 g/mol. The third-order valence-electron chi connectivity index (χ3n) is 8.68. The van der Waals surface area contributed by atoms with Gasteiger partial charge in [0, 0.05) is 31.7 Å². The Morgan fingerprint density at radius 3 is 2.04 bits per heavy atom. The Labute approximate surface area is 327 Å². The number of Topliss-reactive ketones (excluding diaryl/α,β-unsaturated/α-hetero) is 2. The van der Waals surface area contributed by atoms with Crippen molar-refractivity contribution in [3.05, 3.63) is 69.4 Å². The first-order valence-electron chi connectivity index (χ1n) is 17.7. The third-order valence-corrected chi connectivity index (χ3v) is 12.6. The molecule has 0 aliphatic carbocycles. The van der Waals surface area contributed by atoms with Crippen LogP contribution in [0.3, 0.4) is 0 Å². The standard InChI is InChI=1S/C39H44N6O7S2Si/c1-38(2,3)32(46)21-18-45(20-51-14-15-55(7,8)9)35-30(21)42-23(17-41-35)26-11-13-28(54-26)37(50)52-19-24-29(33(47)39(4,5)6)31-34(44-24)40-16-22(43-31)25-10-12-27(53-25)36(48)49/h10-13,16-18H,14-15,19-20H2,1-9H3,(H,40,44)(H,48,49). The summed E-state index contributed by atoms with van der Waals surface area (Å²) in [5, 5.41) is 9.37. The van der Waals surface area contributed by atoms with Gasteiger partial charge in [0.25, 0.3) is 0 Å². The molecule has 0 amide bonds. The number of esters is 1. The molecule has 55 heavy (non-hydrogen) atoms. The summed E-state index contributed by atoms with van der Waals surface area (Å²) in [4.78, 5) is 75.7. The van der Waals surface area contributed by atoms with Crippen molar-refractivity contribution in [1.29, 1.82) is 0 Å². The Hall–Kier alpha value is -4.90. The van der Waals surface area contributed by atoms with Gasteiger partial charge in [0.1, 0.15) is 34.1 Å². The molecule has 16 heteroatoms. The van der Waals surface area contributed by atoms with Crippen LogP contribution < -0.4 is 0 Å². The summed E-state index contributed by atoms with van der Waals surface area (Å²) in [5.41, 5.74) is 2.16. The number of nitrogens with one attached hydrogen (secondary N) is 1. The predicted octanol–water partition coefficient (Wildman–Crippen LogP) is 8.98. The van der Waals surface area contributed by atoms with Crippen LogP contribution in [0, 0.1) is 10.8 Å². The minimum absolute atomic E-state index is 0.0676. The number of ether oxygens (including phenoxy) is 2. The first kappa shape index (κ1) is 39.8. The highest BCUT2D eigenvalue weighted by molar-refractivity contribution is 7.17. The van der Waals surface area contributed by atoms with Gasteiger partial charge in [-0.2, -0.15) is 0 Å². The van der Waals surface area contributed by atoms with Gasteiger partial charge in [-0.3, -0.25) is 9.59 Å². The maximum absolute atomic E-state index is 13.8. The van der Waals surface area contributed by atoms with Gasteiger partial charge in [-0.15, -0.1) is 22.7 Å². The number of carboxylic acid groups (broad SMARTS) is 1. The Balaban J connectivity index is 1.25. The predicted molar refractivity (Wildman–Crippen MR) is 216 cm³/mol. The Bertz CT molecular complexity index is 2460. The fourth-order valence-corrected chi connectivity index (χ4v) is 8.02. The van der Waals surface area contributed by atoms with E-state index < -0.39 is 30.8 Å². The van der Waals surface area contributed by atoms with Crippen molar-refractivity contribution in [3.8, 4) is 21.1 Å². The van der Waals surface area contributed by atoms with Gasteiger partial charge in [-0.1, -0.05) is 61.2 Å². The van der Waals surface area contributed by atoms with Crippen LogP contribution >= 0.6 is 22.7 Å². The summed E-state index contributed by atoms with van der Waals surface area (Å²) in [6.07, 6.45) is 4.89. The van der Waals surface area contributed by atoms with Crippen LogP contribution in [0.4, 0.5) is 0 Å². The number of thiophene rings is 2. The average molecular weight is 801 g/mol. The molecule has 0 aromatic carbocycles. The molecule has 0 saturated heterocycles. The highest BCUT2D eigenvalue weighted by atomic mass is 32.1. The van der Waals surface area contributed by atoms with Gasteiger partial charge in [-0.05, 0) is 30.3 Å². The van der Waals surface area contributed by atoms with E-state index >= 15 is 0 Å². The highest BCUT2D eigenvalue weighted by Gasteiger charge is 2.31. The molecule has 0 spiro atoms. The summed E-state index contributed by atoms with van der Waals surface area (Å²) in [6.45, 7) is 18.4. The van der Waals surface area contributed by atoms with Crippen molar-refractivity contribution < 1.29 is 33.8 Å². The zero-order chi connectivity index (χ0) is 40.0. The Morgan fingerprint density at radius 1 is 0.836 bits per heavy atom. The summed E-state index contributed by atoms with van der Waals surface area (Å²) in [5.74, 6) is -1.94. The van der Waals surface area contributed by atoms with Crippen LogP contribution in [0.2, 0.25) is 25.7 Å². The molecule has 6 aromatic rings. The zero-order valence-corrected chi connectivity index (χ0v) is 35.0. The second kappa shape index (κ2) is 15.0. The number of carbonyl (C=O) groups is 4. The number of carbonyl (C=O) groups excluding carboxylic acids is 3. The summed E-state index contributed by atoms with van der Waals surface area (Å²) < 4.78 is 13.6. The fourth-order valence-electron chi connectivity index (χ4n) is 5.61. The normalized spacial score (nSPS) is 12.5. The molecule has 0 unspecified atom stereocenters. The van der Waals surface area contributed by atoms with Gasteiger partial charge in [0.2, 0.25) is 0 Å². The van der Waals surface area contributed by atoms with Crippen molar-refractivity contribution in [2.45, 2.75) is 80.6 Å². The number of carboxylic acids is 1. The minimum Gasteiger partial charge on any atom is -0.477 e. The molecule has 0 bridgehead atoms. The number of hydrogen-bond acceptors (Lipinski definition) is 12. The van der Waals surface area contributed by atoms with Crippen LogP contribution in [-0.2, 0) is 22.8 Å². The van der Waals surface area contributed by atoms with Gasteiger partial charge in [0.15, 0.2) is 22.9 Å². The van der Waals surface area contributed by atoms with Crippen LogP contribution in [0.1, 0.15) is 87.3 Å². The van der Waals surface area contributed by atoms with E-state index in [0.29, 0.717) is 66.2 Å². The molecule has 0 atom stereocenters. The zero-order valence-electron chi connectivity index (χ0n) is 32.3. The lowest BCUT2D eigenvalue weighted by Gasteiger charge is -2.17. The third kappa shape index (κ3) is 8.67. The molecular formula is C39H44N6O7S2Si. The number of nitrogens with zero attached hydrogens (tertiary/aromatic N) is 5. The smallest absolute Gasteiger partial charge is 0.348 e. The number of H-pyrrole nitrogens is 1. The van der Waals surface area contributed by atoms with Crippen molar-refractivity contribution in [2.75, 3.05) is 6.61 Å². The van der Waals surface area contributed by atoms with E-state index in [1.807, 2.05) is 25.3 Å². The molecule has 0 aliphatic heterocycles. The summed E-state index contributed by atoms with van der Waals surface area (Å²) in [7, 11) is -1.28. The monoisotopic (exact) mass is 800 g/mol. The van der Waals surface area contributed by atoms with E-state index in [1.165, 1.54) is 23.6 Å². The molecule has 6 heterocycles. The molecule has 0 fully saturated rings. The van der Waals surface area contributed by atoms with Crippen molar-refractivity contribution in [2.24, 2.45) is 10.8 Å². The van der Waals surface area contributed by atoms with Crippen LogP contribution in [0.25, 0.3) is 43.5 Å². The SMILES string of the molecule is CC(C)(C)C(=O)c1c(COC(=O)c2ccc(-c3cnc4c(n3)c(C(=O)C(C)(C)C)cn4COCC[Si](C)(C)C)s2)[nH]c2ncc(-c3ccc(C(=O)O)s3)nc12. The molecule has 0 aliphatic rings. The molecule has 288 valence electrons. The molecule has 6 aromatic heterocycles. The van der Waals surface area contributed by atoms with Crippen LogP contribution in [0.15, 0.2) is 42.9 Å². The number of ketones is 2. The Kier molecular flexibility index (Phi) is 10.8. The summed E-state index contributed by atoms with van der Waals surface area (Å²) in [6, 6.07) is 7.55. The first-order chi connectivity index (χ1) is 25.7. The lowest BCUT2D eigenvalue weighted by molar-refractivity contribution is 0.0470. The quantitative estimate of drug-likeness (QED) is 0.0493. The number of aromatic carboxylic acids is 1. The number of fused-ring (bicyclic) bond motifs is 2. The van der Waals surface area contributed by atoms with E-state index in [9.17, 15) is 24.3 Å².